The van der Waals surface area contributed by atoms with Gasteiger partial charge in [-0.25, -0.2) is 9.97 Å². The molecule has 5 heteroatoms. The first-order valence-electron chi connectivity index (χ1n) is 4.39. The first-order valence-corrected chi connectivity index (χ1v) is 6.47. The first-order chi connectivity index (χ1) is 6.61. The summed E-state index contributed by atoms with van der Waals surface area (Å²) in [4.78, 5) is 8.42. The van der Waals surface area contributed by atoms with Gasteiger partial charge in [-0.15, -0.1) is 0 Å². The fourth-order valence-corrected chi connectivity index (χ4v) is 1.68. The van der Waals surface area contributed by atoms with Gasteiger partial charge in [0.15, 0.2) is 0 Å². The van der Waals surface area contributed by atoms with Crippen molar-refractivity contribution in [2.24, 2.45) is 0 Å². The molecule has 0 aliphatic rings. The minimum absolute atomic E-state index is 0.587. The van der Waals surface area contributed by atoms with Crippen molar-refractivity contribution in [3.05, 3.63) is 16.5 Å². The summed E-state index contributed by atoms with van der Waals surface area (Å²) in [6, 6.07) is 1.89. The van der Waals surface area contributed by atoms with E-state index in [1.54, 1.807) is 0 Å². The van der Waals surface area contributed by atoms with E-state index in [-0.39, 0.29) is 0 Å². The van der Waals surface area contributed by atoms with Crippen LogP contribution in [0.25, 0.3) is 0 Å². The van der Waals surface area contributed by atoms with Crippen LogP contribution >= 0.6 is 27.7 Å². The summed E-state index contributed by atoms with van der Waals surface area (Å²) >= 11 is 5.18. The number of hydrogen-bond acceptors (Lipinski definition) is 4. The van der Waals surface area contributed by atoms with Crippen LogP contribution in [0.15, 0.2) is 10.7 Å². The van der Waals surface area contributed by atoms with Gasteiger partial charge < -0.3 is 5.32 Å². The van der Waals surface area contributed by atoms with E-state index in [2.05, 4.69) is 44.4 Å². The van der Waals surface area contributed by atoms with Crippen LogP contribution in [-0.4, -0.2) is 28.0 Å². The van der Waals surface area contributed by atoms with E-state index >= 15 is 0 Å². The molecule has 0 saturated heterocycles. The van der Waals surface area contributed by atoms with Crippen molar-refractivity contribution in [2.45, 2.75) is 19.1 Å². The topological polar surface area (TPSA) is 37.8 Å². The van der Waals surface area contributed by atoms with Gasteiger partial charge in [-0.05, 0) is 29.1 Å². The molecule has 0 aliphatic carbocycles. The molecule has 1 aromatic heterocycles. The Bertz CT molecular complexity index is 286. The van der Waals surface area contributed by atoms with Crippen molar-refractivity contribution in [2.75, 3.05) is 18.1 Å². The summed E-state index contributed by atoms with van der Waals surface area (Å²) in [7, 11) is 0. The average molecular weight is 276 g/mol. The molecular weight excluding hydrogens is 262 g/mol. The number of rotatable bonds is 4. The number of aryl methyl sites for hydroxylation is 1. The third-order valence-corrected chi connectivity index (χ3v) is 3.16. The SMILES string of the molecule is CSC(C)CNc1cc(Br)nc(C)n1. The van der Waals surface area contributed by atoms with Gasteiger partial charge in [0.2, 0.25) is 0 Å². The molecule has 0 fully saturated rings. The Morgan fingerprint density at radius 3 is 2.86 bits per heavy atom. The highest BCUT2D eigenvalue weighted by Crippen LogP contribution is 2.13. The van der Waals surface area contributed by atoms with Crippen molar-refractivity contribution in [3.8, 4) is 0 Å². The lowest BCUT2D eigenvalue weighted by molar-refractivity contribution is 0.965. The van der Waals surface area contributed by atoms with Crippen LogP contribution in [0.4, 0.5) is 5.82 Å². The largest absolute Gasteiger partial charge is 0.369 e. The van der Waals surface area contributed by atoms with E-state index in [4.69, 9.17) is 0 Å². The zero-order chi connectivity index (χ0) is 10.6. The van der Waals surface area contributed by atoms with Crippen LogP contribution in [-0.2, 0) is 0 Å². The fraction of sp³-hybridized carbons (Fsp3) is 0.556. The minimum Gasteiger partial charge on any atom is -0.369 e. The van der Waals surface area contributed by atoms with Crippen LogP contribution in [0.1, 0.15) is 12.7 Å². The predicted molar refractivity (Wildman–Crippen MR) is 65.9 cm³/mol. The summed E-state index contributed by atoms with van der Waals surface area (Å²) in [5.74, 6) is 1.66. The maximum Gasteiger partial charge on any atom is 0.130 e. The number of anilines is 1. The molecule has 0 bridgehead atoms. The second kappa shape index (κ2) is 5.56. The Morgan fingerprint density at radius 1 is 1.57 bits per heavy atom. The fourth-order valence-electron chi connectivity index (χ4n) is 0.953. The van der Waals surface area contributed by atoms with Gasteiger partial charge >= 0.3 is 0 Å². The Balaban J connectivity index is 2.58. The molecule has 1 heterocycles. The van der Waals surface area contributed by atoms with Crippen LogP contribution in [0.5, 0.6) is 0 Å². The number of aromatic nitrogens is 2. The molecule has 3 nitrogen and oxygen atoms in total. The maximum atomic E-state index is 4.28. The van der Waals surface area contributed by atoms with Gasteiger partial charge in [0.25, 0.3) is 0 Å². The van der Waals surface area contributed by atoms with E-state index in [0.29, 0.717) is 5.25 Å². The van der Waals surface area contributed by atoms with Crippen LogP contribution in [0, 0.1) is 6.92 Å². The Kier molecular flexibility index (Phi) is 4.68. The van der Waals surface area contributed by atoms with Crippen LogP contribution in [0.3, 0.4) is 0 Å². The zero-order valence-electron chi connectivity index (χ0n) is 8.54. The van der Waals surface area contributed by atoms with Crippen molar-refractivity contribution in [1.82, 2.24) is 9.97 Å². The average Bonchev–Trinajstić information content (AvgIpc) is 2.12. The monoisotopic (exact) mass is 275 g/mol. The number of halogens is 1. The smallest absolute Gasteiger partial charge is 0.130 e. The maximum absolute atomic E-state index is 4.28. The molecule has 0 spiro atoms. The van der Waals surface area contributed by atoms with Gasteiger partial charge in [-0.1, -0.05) is 6.92 Å². The zero-order valence-corrected chi connectivity index (χ0v) is 10.9. The van der Waals surface area contributed by atoms with Gasteiger partial charge in [0.1, 0.15) is 16.2 Å². The standard InChI is InChI=1S/C9H14BrN3S/c1-6(14-3)5-11-9-4-8(10)12-7(2)13-9/h4,6H,5H2,1-3H3,(H,11,12,13). The van der Waals surface area contributed by atoms with Crippen molar-refractivity contribution in [3.63, 3.8) is 0 Å². The molecule has 0 saturated carbocycles. The highest BCUT2D eigenvalue weighted by Gasteiger charge is 2.01. The lowest BCUT2D eigenvalue weighted by Crippen LogP contribution is -2.13. The van der Waals surface area contributed by atoms with Crippen LogP contribution in [0.2, 0.25) is 0 Å². The normalized spacial score (nSPS) is 12.6. The lowest BCUT2D eigenvalue weighted by atomic mass is 10.4. The second-order valence-corrected chi connectivity index (χ2v) is 5.14. The Labute approximate surface area is 97.2 Å². The molecule has 0 amide bonds. The number of nitrogens with zero attached hydrogens (tertiary/aromatic N) is 2. The molecule has 1 rings (SSSR count). The third-order valence-electron chi connectivity index (χ3n) is 1.78. The third kappa shape index (κ3) is 3.84. The number of hydrogen-bond donors (Lipinski definition) is 1. The molecule has 1 unspecified atom stereocenters. The quantitative estimate of drug-likeness (QED) is 0.858. The van der Waals surface area contributed by atoms with Crippen molar-refractivity contribution in [1.29, 1.82) is 0 Å². The molecule has 1 aromatic rings. The molecule has 1 N–H and O–H groups in total. The summed E-state index contributed by atoms with van der Waals surface area (Å²) in [6.45, 7) is 4.98. The summed E-state index contributed by atoms with van der Waals surface area (Å²) in [5, 5.41) is 3.86. The lowest BCUT2D eigenvalue weighted by Gasteiger charge is -2.10. The molecule has 0 radical (unpaired) electrons. The first kappa shape index (κ1) is 11.8. The predicted octanol–water partition coefficient (Wildman–Crippen LogP) is 2.71. The van der Waals surface area contributed by atoms with Gasteiger partial charge in [-0.3, -0.25) is 0 Å². The highest BCUT2D eigenvalue weighted by atomic mass is 79.9. The molecule has 14 heavy (non-hydrogen) atoms. The molecule has 0 aliphatic heterocycles. The summed E-state index contributed by atoms with van der Waals surface area (Å²) in [6.07, 6.45) is 2.10. The van der Waals surface area contributed by atoms with E-state index in [1.165, 1.54) is 0 Å². The number of thioether (sulfide) groups is 1. The van der Waals surface area contributed by atoms with Gasteiger partial charge in [0, 0.05) is 17.9 Å². The molecule has 1 atom stereocenters. The molecule has 78 valence electrons. The van der Waals surface area contributed by atoms with E-state index in [1.807, 2.05) is 24.8 Å². The van der Waals surface area contributed by atoms with E-state index in [0.717, 1.165) is 22.8 Å². The minimum atomic E-state index is 0.587. The van der Waals surface area contributed by atoms with E-state index in [9.17, 15) is 0 Å². The van der Waals surface area contributed by atoms with Gasteiger partial charge in [0.05, 0.1) is 0 Å². The van der Waals surface area contributed by atoms with E-state index < -0.39 is 0 Å². The van der Waals surface area contributed by atoms with Gasteiger partial charge in [-0.2, -0.15) is 11.8 Å². The summed E-state index contributed by atoms with van der Waals surface area (Å²) in [5.41, 5.74) is 0. The second-order valence-electron chi connectivity index (χ2n) is 3.05. The van der Waals surface area contributed by atoms with Crippen LogP contribution < -0.4 is 5.32 Å². The molecular formula is C9H14BrN3S. The van der Waals surface area contributed by atoms with Crippen molar-refractivity contribution < 1.29 is 0 Å². The molecule has 0 aromatic carbocycles. The summed E-state index contributed by atoms with van der Waals surface area (Å²) < 4.78 is 0.823. The Morgan fingerprint density at radius 2 is 2.29 bits per heavy atom. The highest BCUT2D eigenvalue weighted by molar-refractivity contribution is 9.10. The van der Waals surface area contributed by atoms with Crippen molar-refractivity contribution >= 4 is 33.5 Å². The number of nitrogens with one attached hydrogen (secondary N) is 1. The Hall–Kier alpha value is -0.290.